The van der Waals surface area contributed by atoms with Crippen LogP contribution in [-0.4, -0.2) is 26.2 Å². The van der Waals surface area contributed by atoms with Gasteiger partial charge in [-0.05, 0) is 50.2 Å². The summed E-state index contributed by atoms with van der Waals surface area (Å²) in [6.45, 7) is 5.20. The average Bonchev–Trinajstić information content (AvgIpc) is 2.62. The molecule has 24 heavy (non-hydrogen) atoms. The minimum atomic E-state index is 0.629. The zero-order chi connectivity index (χ0) is 17.0. The van der Waals surface area contributed by atoms with Crippen LogP contribution in [0.5, 0.6) is 0 Å². The van der Waals surface area contributed by atoms with Crippen molar-refractivity contribution in [3.8, 4) is 0 Å². The van der Waals surface area contributed by atoms with E-state index >= 15 is 0 Å². The van der Waals surface area contributed by atoms with E-state index in [-0.39, 0.29) is 0 Å². The fourth-order valence-corrected chi connectivity index (χ4v) is 2.99. The van der Waals surface area contributed by atoms with Crippen LogP contribution in [0, 0.1) is 0 Å². The lowest BCUT2D eigenvalue weighted by atomic mass is 9.97. The number of nitrogens with zero attached hydrogens (tertiary/aromatic N) is 1. The number of hydrogen-bond donors (Lipinski definition) is 2. The van der Waals surface area contributed by atoms with E-state index in [1.165, 1.54) is 36.8 Å². The Balaban J connectivity index is 1.89. The van der Waals surface area contributed by atoms with Crippen molar-refractivity contribution in [2.45, 2.75) is 52.2 Å². The number of allylic oxidation sites excluding steroid dienone is 1. The summed E-state index contributed by atoms with van der Waals surface area (Å²) in [5.74, 6) is 0.890. The Labute approximate surface area is 146 Å². The van der Waals surface area contributed by atoms with Crippen LogP contribution in [0.4, 0.5) is 0 Å². The standard InChI is InChI=1S/C20H31N3O/c1-3-21-20(22-14-13-17-9-5-4-6-10-17)23-15-18-11-7-8-12-19(18)16-24-2/h7-9,11-12H,3-6,10,13-16H2,1-2H3,(H2,21,22,23). The molecule has 0 unspecified atom stereocenters. The first kappa shape index (κ1) is 18.5. The maximum atomic E-state index is 5.27. The largest absolute Gasteiger partial charge is 0.380 e. The molecule has 0 amide bonds. The summed E-state index contributed by atoms with van der Waals surface area (Å²) in [6.07, 6.45) is 8.73. The fraction of sp³-hybridized carbons (Fsp3) is 0.550. The van der Waals surface area contributed by atoms with Gasteiger partial charge in [0.2, 0.25) is 0 Å². The number of nitrogens with one attached hydrogen (secondary N) is 2. The molecule has 4 heteroatoms. The number of benzene rings is 1. The van der Waals surface area contributed by atoms with Gasteiger partial charge in [-0.2, -0.15) is 0 Å². The third-order valence-corrected chi connectivity index (χ3v) is 4.29. The first-order valence-electron chi connectivity index (χ1n) is 9.09. The van der Waals surface area contributed by atoms with Crippen LogP contribution in [0.3, 0.4) is 0 Å². The van der Waals surface area contributed by atoms with Gasteiger partial charge in [-0.15, -0.1) is 0 Å². The van der Waals surface area contributed by atoms with Crippen molar-refractivity contribution in [2.75, 3.05) is 20.2 Å². The monoisotopic (exact) mass is 329 g/mol. The molecule has 4 nitrogen and oxygen atoms in total. The van der Waals surface area contributed by atoms with Gasteiger partial charge in [0.25, 0.3) is 0 Å². The first-order valence-corrected chi connectivity index (χ1v) is 9.09. The second kappa shape index (κ2) is 10.9. The first-order chi connectivity index (χ1) is 11.8. The molecule has 0 atom stereocenters. The van der Waals surface area contributed by atoms with Crippen molar-refractivity contribution in [1.29, 1.82) is 0 Å². The van der Waals surface area contributed by atoms with Gasteiger partial charge in [0.15, 0.2) is 5.96 Å². The number of ether oxygens (including phenoxy) is 1. The molecule has 2 N–H and O–H groups in total. The number of aliphatic imine (C=N–C) groups is 1. The highest BCUT2D eigenvalue weighted by Gasteiger charge is 2.05. The topological polar surface area (TPSA) is 45.7 Å². The molecular formula is C20H31N3O. The highest BCUT2D eigenvalue weighted by Crippen LogP contribution is 2.19. The predicted octanol–water partition coefficient (Wildman–Crippen LogP) is 3.78. The molecule has 0 aliphatic heterocycles. The van der Waals surface area contributed by atoms with E-state index in [2.05, 4.69) is 41.8 Å². The lowest BCUT2D eigenvalue weighted by Crippen LogP contribution is -2.37. The Morgan fingerprint density at radius 2 is 2.00 bits per heavy atom. The van der Waals surface area contributed by atoms with Crippen molar-refractivity contribution in [1.82, 2.24) is 10.6 Å². The second-order valence-corrected chi connectivity index (χ2v) is 6.18. The highest BCUT2D eigenvalue weighted by molar-refractivity contribution is 5.79. The van der Waals surface area contributed by atoms with Crippen LogP contribution in [0.15, 0.2) is 40.9 Å². The predicted molar refractivity (Wildman–Crippen MR) is 101 cm³/mol. The third-order valence-electron chi connectivity index (χ3n) is 4.29. The van der Waals surface area contributed by atoms with Crippen LogP contribution in [0.2, 0.25) is 0 Å². The number of hydrogen-bond acceptors (Lipinski definition) is 2. The molecule has 0 spiro atoms. The normalized spacial score (nSPS) is 15.1. The molecular weight excluding hydrogens is 298 g/mol. The summed E-state index contributed by atoms with van der Waals surface area (Å²) < 4.78 is 5.27. The van der Waals surface area contributed by atoms with Gasteiger partial charge in [0, 0.05) is 20.2 Å². The third kappa shape index (κ3) is 6.36. The van der Waals surface area contributed by atoms with Crippen molar-refractivity contribution in [3.05, 3.63) is 47.0 Å². The molecule has 0 bridgehead atoms. The molecule has 0 saturated carbocycles. The van der Waals surface area contributed by atoms with E-state index in [9.17, 15) is 0 Å². The Bertz CT molecular complexity index is 552. The quantitative estimate of drug-likeness (QED) is 0.433. The van der Waals surface area contributed by atoms with Gasteiger partial charge in [0.05, 0.1) is 13.2 Å². The second-order valence-electron chi connectivity index (χ2n) is 6.18. The summed E-state index contributed by atoms with van der Waals surface area (Å²) in [4.78, 5) is 4.73. The molecule has 132 valence electrons. The number of guanidine groups is 1. The lowest BCUT2D eigenvalue weighted by Gasteiger charge is -2.15. The minimum Gasteiger partial charge on any atom is -0.380 e. The fourth-order valence-electron chi connectivity index (χ4n) is 2.99. The summed E-state index contributed by atoms with van der Waals surface area (Å²) in [5.41, 5.74) is 4.01. The van der Waals surface area contributed by atoms with Crippen molar-refractivity contribution >= 4 is 5.96 Å². The molecule has 2 rings (SSSR count). The van der Waals surface area contributed by atoms with Gasteiger partial charge in [-0.25, -0.2) is 4.99 Å². The van der Waals surface area contributed by atoms with Gasteiger partial charge in [0.1, 0.15) is 0 Å². The minimum absolute atomic E-state index is 0.629. The molecule has 0 aromatic heterocycles. The molecule has 0 radical (unpaired) electrons. The van der Waals surface area contributed by atoms with Crippen LogP contribution in [-0.2, 0) is 17.9 Å². The lowest BCUT2D eigenvalue weighted by molar-refractivity contribution is 0.184. The maximum Gasteiger partial charge on any atom is 0.191 e. The van der Waals surface area contributed by atoms with Crippen molar-refractivity contribution in [2.24, 2.45) is 4.99 Å². The van der Waals surface area contributed by atoms with Crippen LogP contribution >= 0.6 is 0 Å². The van der Waals surface area contributed by atoms with Gasteiger partial charge in [-0.1, -0.05) is 35.9 Å². The van der Waals surface area contributed by atoms with E-state index in [1.807, 2.05) is 6.07 Å². The number of rotatable bonds is 8. The summed E-state index contributed by atoms with van der Waals surface area (Å²) in [5, 5.41) is 6.79. The highest BCUT2D eigenvalue weighted by atomic mass is 16.5. The van der Waals surface area contributed by atoms with Crippen LogP contribution in [0.1, 0.15) is 50.2 Å². The van der Waals surface area contributed by atoms with Gasteiger partial charge >= 0.3 is 0 Å². The molecule has 1 aromatic carbocycles. The Morgan fingerprint density at radius 3 is 2.71 bits per heavy atom. The van der Waals surface area contributed by atoms with E-state index in [4.69, 9.17) is 9.73 Å². The zero-order valence-electron chi connectivity index (χ0n) is 15.1. The number of methoxy groups -OCH3 is 1. The molecule has 1 aromatic rings. The van der Waals surface area contributed by atoms with Gasteiger partial charge in [-0.3, -0.25) is 0 Å². The van der Waals surface area contributed by atoms with E-state index in [1.54, 1.807) is 12.7 Å². The van der Waals surface area contributed by atoms with Crippen molar-refractivity contribution in [3.63, 3.8) is 0 Å². The van der Waals surface area contributed by atoms with E-state index in [0.29, 0.717) is 13.2 Å². The summed E-state index contributed by atoms with van der Waals surface area (Å²) in [6, 6.07) is 8.32. The SMILES string of the molecule is CCNC(=NCc1ccccc1COC)NCCC1=CCCCC1. The van der Waals surface area contributed by atoms with Crippen LogP contribution in [0.25, 0.3) is 0 Å². The molecule has 1 aliphatic carbocycles. The molecule has 0 heterocycles. The van der Waals surface area contributed by atoms with Crippen LogP contribution < -0.4 is 10.6 Å². The molecule has 0 saturated heterocycles. The van der Waals surface area contributed by atoms with Crippen molar-refractivity contribution < 1.29 is 4.74 Å². The van der Waals surface area contributed by atoms with E-state index < -0.39 is 0 Å². The zero-order valence-corrected chi connectivity index (χ0v) is 15.1. The smallest absolute Gasteiger partial charge is 0.191 e. The average molecular weight is 329 g/mol. The maximum absolute atomic E-state index is 5.27. The van der Waals surface area contributed by atoms with E-state index in [0.717, 1.165) is 25.5 Å². The summed E-state index contributed by atoms with van der Waals surface area (Å²) >= 11 is 0. The summed E-state index contributed by atoms with van der Waals surface area (Å²) in [7, 11) is 1.73. The Hall–Kier alpha value is -1.81. The Morgan fingerprint density at radius 1 is 1.17 bits per heavy atom. The molecule has 0 fully saturated rings. The molecule has 1 aliphatic rings. The Kier molecular flexibility index (Phi) is 8.39. The van der Waals surface area contributed by atoms with Gasteiger partial charge < -0.3 is 15.4 Å².